The quantitative estimate of drug-likeness (QED) is 0.858. The van der Waals surface area contributed by atoms with Gasteiger partial charge in [0.15, 0.2) is 0 Å². The van der Waals surface area contributed by atoms with Crippen molar-refractivity contribution < 1.29 is 0 Å². The Morgan fingerprint density at radius 2 is 2.19 bits per heavy atom. The van der Waals surface area contributed by atoms with Gasteiger partial charge in [-0.05, 0) is 30.2 Å². The number of hydrogen-bond acceptors (Lipinski definition) is 3. The van der Waals surface area contributed by atoms with E-state index in [9.17, 15) is 0 Å². The van der Waals surface area contributed by atoms with Crippen molar-refractivity contribution >= 4 is 17.2 Å². The van der Waals surface area contributed by atoms with Crippen LogP contribution in [-0.4, -0.2) is 10.2 Å². The monoisotopic (exact) mass is 235 g/mol. The molecule has 3 N–H and O–H groups in total. The highest BCUT2D eigenvalue weighted by atomic mass is 32.1. The Morgan fingerprint density at radius 3 is 2.75 bits per heavy atom. The molecule has 0 aromatic carbocycles. The van der Waals surface area contributed by atoms with Crippen molar-refractivity contribution in [1.82, 2.24) is 10.2 Å². The van der Waals surface area contributed by atoms with Crippen LogP contribution in [0.4, 0.5) is 5.82 Å². The zero-order chi connectivity index (χ0) is 11.7. The number of rotatable bonds is 3. The highest BCUT2D eigenvalue weighted by Gasteiger charge is 2.15. The number of nitrogens with one attached hydrogen (secondary N) is 1. The highest BCUT2D eigenvalue weighted by molar-refractivity contribution is 7.08. The Bertz CT molecular complexity index is 482. The standard InChI is InChI=1S/C12H17N3S/c1-7(2)4-9-11(14-15-12(9)13)10-6-16-5-8(10)3/h5-7H,4H2,1-3H3,(H3,13,14,15). The fourth-order valence-corrected chi connectivity index (χ4v) is 2.67. The number of nitrogen functional groups attached to an aromatic ring is 1. The summed E-state index contributed by atoms with van der Waals surface area (Å²) in [6.07, 6.45) is 0.965. The van der Waals surface area contributed by atoms with E-state index in [-0.39, 0.29) is 0 Å². The molecule has 0 unspecified atom stereocenters. The molecule has 2 rings (SSSR count). The molecule has 0 atom stereocenters. The van der Waals surface area contributed by atoms with E-state index in [4.69, 9.17) is 5.73 Å². The number of aryl methyl sites for hydroxylation is 1. The first-order chi connectivity index (χ1) is 7.59. The second-order valence-electron chi connectivity index (χ2n) is 4.53. The minimum atomic E-state index is 0.581. The summed E-state index contributed by atoms with van der Waals surface area (Å²) >= 11 is 1.71. The van der Waals surface area contributed by atoms with Gasteiger partial charge in [0.25, 0.3) is 0 Å². The van der Waals surface area contributed by atoms with Gasteiger partial charge in [-0.3, -0.25) is 5.10 Å². The van der Waals surface area contributed by atoms with Crippen molar-refractivity contribution in [2.45, 2.75) is 27.2 Å². The van der Waals surface area contributed by atoms with Crippen LogP contribution in [0.2, 0.25) is 0 Å². The third-order valence-corrected chi connectivity index (χ3v) is 3.50. The van der Waals surface area contributed by atoms with Gasteiger partial charge in [0.2, 0.25) is 0 Å². The molecule has 86 valence electrons. The van der Waals surface area contributed by atoms with Gasteiger partial charge < -0.3 is 5.73 Å². The summed E-state index contributed by atoms with van der Waals surface area (Å²) in [5.41, 5.74) is 10.6. The number of anilines is 1. The molecular formula is C12H17N3S. The topological polar surface area (TPSA) is 54.7 Å². The first-order valence-electron chi connectivity index (χ1n) is 5.45. The molecule has 0 aliphatic carbocycles. The third-order valence-electron chi connectivity index (χ3n) is 2.64. The normalized spacial score (nSPS) is 11.2. The zero-order valence-corrected chi connectivity index (χ0v) is 10.7. The summed E-state index contributed by atoms with van der Waals surface area (Å²) < 4.78 is 0. The Balaban J connectivity index is 2.46. The predicted octanol–water partition coefficient (Wildman–Crippen LogP) is 3.23. The zero-order valence-electron chi connectivity index (χ0n) is 9.87. The van der Waals surface area contributed by atoms with Crippen molar-refractivity contribution in [1.29, 1.82) is 0 Å². The van der Waals surface area contributed by atoms with Crippen molar-refractivity contribution in [2.24, 2.45) is 5.92 Å². The summed E-state index contributed by atoms with van der Waals surface area (Å²) in [5.74, 6) is 1.21. The fourth-order valence-electron chi connectivity index (χ4n) is 1.83. The molecule has 0 saturated heterocycles. The van der Waals surface area contributed by atoms with Crippen LogP contribution in [0.3, 0.4) is 0 Å². The Hall–Kier alpha value is -1.29. The number of nitrogens with zero attached hydrogens (tertiary/aromatic N) is 1. The number of aromatic nitrogens is 2. The second kappa shape index (κ2) is 4.29. The lowest BCUT2D eigenvalue weighted by molar-refractivity contribution is 0.649. The van der Waals surface area contributed by atoms with E-state index in [0.717, 1.165) is 17.7 Å². The number of thiophene rings is 1. The number of hydrogen-bond donors (Lipinski definition) is 2. The van der Waals surface area contributed by atoms with Gasteiger partial charge in [-0.1, -0.05) is 13.8 Å². The third kappa shape index (κ3) is 1.97. The molecule has 2 aromatic rings. The van der Waals surface area contributed by atoms with Crippen molar-refractivity contribution in [3.63, 3.8) is 0 Å². The Kier molecular flexibility index (Phi) is 3.01. The van der Waals surface area contributed by atoms with E-state index >= 15 is 0 Å². The van der Waals surface area contributed by atoms with Crippen LogP contribution < -0.4 is 5.73 Å². The molecule has 0 saturated carbocycles. The summed E-state index contributed by atoms with van der Waals surface area (Å²) in [5, 5.41) is 11.5. The summed E-state index contributed by atoms with van der Waals surface area (Å²) in [6, 6.07) is 0. The second-order valence-corrected chi connectivity index (χ2v) is 5.27. The summed E-state index contributed by atoms with van der Waals surface area (Å²) in [4.78, 5) is 0. The van der Waals surface area contributed by atoms with Gasteiger partial charge in [-0.25, -0.2) is 0 Å². The van der Waals surface area contributed by atoms with Gasteiger partial charge in [-0.2, -0.15) is 16.4 Å². The van der Waals surface area contributed by atoms with Gasteiger partial charge in [0.1, 0.15) is 5.82 Å². The van der Waals surface area contributed by atoms with Gasteiger partial charge in [-0.15, -0.1) is 0 Å². The maximum Gasteiger partial charge on any atom is 0.149 e. The molecule has 0 amide bonds. The molecule has 0 aliphatic rings. The van der Waals surface area contributed by atoms with Gasteiger partial charge in [0.05, 0.1) is 5.69 Å². The van der Waals surface area contributed by atoms with E-state index in [0.29, 0.717) is 11.7 Å². The van der Waals surface area contributed by atoms with Crippen LogP contribution in [0.15, 0.2) is 10.8 Å². The summed E-state index contributed by atoms with van der Waals surface area (Å²) in [7, 11) is 0. The van der Waals surface area contributed by atoms with Crippen molar-refractivity contribution in [3.05, 3.63) is 21.9 Å². The Labute approximate surface area is 99.7 Å². The largest absolute Gasteiger partial charge is 0.382 e. The molecule has 2 aromatic heterocycles. The van der Waals surface area contributed by atoms with E-state index in [1.165, 1.54) is 11.1 Å². The molecule has 3 nitrogen and oxygen atoms in total. The molecule has 0 radical (unpaired) electrons. The number of nitrogens with two attached hydrogens (primary N) is 1. The molecule has 4 heteroatoms. The molecule has 0 spiro atoms. The van der Waals surface area contributed by atoms with E-state index in [2.05, 4.69) is 41.7 Å². The van der Waals surface area contributed by atoms with Crippen molar-refractivity contribution in [2.75, 3.05) is 5.73 Å². The fraction of sp³-hybridized carbons (Fsp3) is 0.417. The lowest BCUT2D eigenvalue weighted by Gasteiger charge is -2.06. The van der Waals surface area contributed by atoms with Gasteiger partial charge >= 0.3 is 0 Å². The van der Waals surface area contributed by atoms with E-state index in [1.807, 2.05) is 0 Å². The predicted molar refractivity (Wildman–Crippen MR) is 69.6 cm³/mol. The van der Waals surface area contributed by atoms with Crippen LogP contribution in [-0.2, 0) is 6.42 Å². The lowest BCUT2D eigenvalue weighted by atomic mass is 9.99. The average Bonchev–Trinajstić information content (AvgIpc) is 2.75. The van der Waals surface area contributed by atoms with Crippen LogP contribution in [0, 0.1) is 12.8 Å². The molecule has 16 heavy (non-hydrogen) atoms. The van der Waals surface area contributed by atoms with Crippen LogP contribution in [0.25, 0.3) is 11.3 Å². The van der Waals surface area contributed by atoms with Gasteiger partial charge in [0, 0.05) is 16.5 Å². The van der Waals surface area contributed by atoms with E-state index < -0.39 is 0 Å². The maximum absolute atomic E-state index is 5.91. The maximum atomic E-state index is 5.91. The minimum absolute atomic E-state index is 0.581. The first-order valence-corrected chi connectivity index (χ1v) is 6.39. The highest BCUT2D eigenvalue weighted by Crippen LogP contribution is 2.31. The first kappa shape index (κ1) is 11.2. The minimum Gasteiger partial charge on any atom is -0.382 e. The van der Waals surface area contributed by atoms with Crippen molar-refractivity contribution in [3.8, 4) is 11.3 Å². The molecule has 0 aliphatic heterocycles. The molecule has 0 bridgehead atoms. The van der Waals surface area contributed by atoms with Crippen LogP contribution in [0.1, 0.15) is 25.0 Å². The smallest absolute Gasteiger partial charge is 0.149 e. The average molecular weight is 235 g/mol. The van der Waals surface area contributed by atoms with E-state index in [1.54, 1.807) is 11.3 Å². The number of aromatic amines is 1. The summed E-state index contributed by atoms with van der Waals surface area (Å²) in [6.45, 7) is 6.50. The van der Waals surface area contributed by atoms with Crippen LogP contribution in [0.5, 0.6) is 0 Å². The SMILES string of the molecule is Cc1cscc1-c1[nH]nc(N)c1CC(C)C. The number of H-pyrrole nitrogens is 1. The molecular weight excluding hydrogens is 218 g/mol. The molecule has 2 heterocycles. The lowest BCUT2D eigenvalue weighted by Crippen LogP contribution is -1.99. The van der Waals surface area contributed by atoms with Crippen LogP contribution >= 0.6 is 11.3 Å². The Morgan fingerprint density at radius 1 is 1.44 bits per heavy atom. The molecule has 0 fully saturated rings.